The zero-order valence-electron chi connectivity index (χ0n) is 8.58. The molecule has 1 radical (unpaired) electrons. The van der Waals surface area contributed by atoms with E-state index in [0.717, 1.165) is 5.56 Å². The van der Waals surface area contributed by atoms with Gasteiger partial charge in [0.1, 0.15) is 5.78 Å². The van der Waals surface area contributed by atoms with E-state index >= 15 is 0 Å². The predicted molar refractivity (Wildman–Crippen MR) is 52.8 cm³/mol. The van der Waals surface area contributed by atoms with Crippen molar-refractivity contribution in [3.8, 4) is 0 Å². The van der Waals surface area contributed by atoms with Gasteiger partial charge in [0.2, 0.25) is 0 Å². The molecule has 0 amide bonds. The number of carbonyl (C=O) groups is 2. The molecule has 3 heteroatoms. The Balaban J connectivity index is 0. The van der Waals surface area contributed by atoms with Crippen LogP contribution < -0.4 is 0 Å². The molecule has 77 valence electrons. The first-order chi connectivity index (χ1) is 6.04. The summed E-state index contributed by atoms with van der Waals surface area (Å²) in [7, 11) is 0. The molecule has 0 fully saturated rings. The van der Waals surface area contributed by atoms with E-state index in [0.29, 0.717) is 0 Å². The topological polar surface area (TPSA) is 34.1 Å². The minimum Gasteiger partial charge on any atom is -0.300 e. The fourth-order valence-corrected chi connectivity index (χ4v) is 0.673. The Morgan fingerprint density at radius 2 is 1.29 bits per heavy atom. The Labute approximate surface area is 95.2 Å². The monoisotopic (exact) mass is 233 g/mol. The summed E-state index contributed by atoms with van der Waals surface area (Å²) in [6, 6.07) is 9.23. The molecule has 0 saturated heterocycles. The molecule has 1 aromatic rings. The van der Waals surface area contributed by atoms with Crippen molar-refractivity contribution in [2.45, 2.75) is 20.8 Å². The Bertz CT molecular complexity index is 277. The average Bonchev–Trinajstić information content (AvgIpc) is 2.05. The second kappa shape index (κ2) is 8.67. The molecule has 1 aromatic carbocycles. The molecule has 0 heterocycles. The summed E-state index contributed by atoms with van der Waals surface area (Å²) in [5.41, 5.74) is 0.775. The maximum atomic E-state index is 10.6. The first-order valence-electron chi connectivity index (χ1n) is 4.07. The SMILES string of the molecule is CC(=O)c1ccccc1.CC(C)=O.[Mn]. The van der Waals surface area contributed by atoms with Gasteiger partial charge in [0.05, 0.1) is 0 Å². The number of ketones is 2. The molecule has 0 aromatic heterocycles. The summed E-state index contributed by atoms with van der Waals surface area (Å²) < 4.78 is 0. The molecule has 0 bridgehead atoms. The summed E-state index contributed by atoms with van der Waals surface area (Å²) in [5, 5.41) is 0. The summed E-state index contributed by atoms with van der Waals surface area (Å²) in [5.74, 6) is 0.288. The fraction of sp³-hybridized carbons (Fsp3) is 0.273. The molecule has 0 spiro atoms. The molecule has 1 rings (SSSR count). The van der Waals surface area contributed by atoms with E-state index in [1.54, 1.807) is 6.92 Å². The predicted octanol–water partition coefficient (Wildman–Crippen LogP) is 2.48. The van der Waals surface area contributed by atoms with Crippen molar-refractivity contribution in [1.82, 2.24) is 0 Å². The quantitative estimate of drug-likeness (QED) is 0.551. The van der Waals surface area contributed by atoms with Gasteiger partial charge >= 0.3 is 0 Å². The minimum absolute atomic E-state index is 0. The van der Waals surface area contributed by atoms with Gasteiger partial charge in [-0.15, -0.1) is 0 Å². The van der Waals surface area contributed by atoms with Crippen LogP contribution in [0.5, 0.6) is 0 Å². The average molecular weight is 233 g/mol. The number of carbonyl (C=O) groups excluding carboxylic acids is 2. The Kier molecular flexibility index (Phi) is 9.63. The van der Waals surface area contributed by atoms with Crippen LogP contribution in [0.2, 0.25) is 0 Å². The van der Waals surface area contributed by atoms with Crippen molar-refractivity contribution < 1.29 is 26.7 Å². The van der Waals surface area contributed by atoms with Gasteiger partial charge in [0.25, 0.3) is 0 Å². The van der Waals surface area contributed by atoms with Gasteiger partial charge < -0.3 is 4.79 Å². The molecule has 0 aliphatic heterocycles. The third-order valence-corrected chi connectivity index (χ3v) is 1.18. The zero-order valence-corrected chi connectivity index (χ0v) is 9.76. The summed E-state index contributed by atoms with van der Waals surface area (Å²) in [6.07, 6.45) is 0. The van der Waals surface area contributed by atoms with Crippen LogP contribution >= 0.6 is 0 Å². The maximum Gasteiger partial charge on any atom is 0.159 e. The van der Waals surface area contributed by atoms with Crippen molar-refractivity contribution in [3.05, 3.63) is 35.9 Å². The molecule has 0 N–H and O–H groups in total. The van der Waals surface area contributed by atoms with Crippen LogP contribution in [0.4, 0.5) is 0 Å². The molecular weight excluding hydrogens is 219 g/mol. The smallest absolute Gasteiger partial charge is 0.159 e. The molecule has 14 heavy (non-hydrogen) atoms. The van der Waals surface area contributed by atoms with Gasteiger partial charge in [0.15, 0.2) is 5.78 Å². The Morgan fingerprint density at radius 1 is 0.929 bits per heavy atom. The number of hydrogen-bond donors (Lipinski definition) is 0. The van der Waals surface area contributed by atoms with E-state index in [4.69, 9.17) is 0 Å². The molecule has 0 saturated carbocycles. The van der Waals surface area contributed by atoms with Crippen LogP contribution in [-0.2, 0) is 21.9 Å². The number of benzene rings is 1. The summed E-state index contributed by atoms with van der Waals surface area (Å²) >= 11 is 0. The van der Waals surface area contributed by atoms with E-state index in [1.807, 2.05) is 30.3 Å². The van der Waals surface area contributed by atoms with E-state index in [1.165, 1.54) is 13.8 Å². The van der Waals surface area contributed by atoms with Crippen molar-refractivity contribution in [3.63, 3.8) is 0 Å². The van der Waals surface area contributed by atoms with Crippen LogP contribution in [0.25, 0.3) is 0 Å². The first kappa shape index (κ1) is 15.5. The third kappa shape index (κ3) is 9.17. The molecule has 0 aliphatic carbocycles. The number of hydrogen-bond acceptors (Lipinski definition) is 2. The second-order valence-corrected chi connectivity index (χ2v) is 2.83. The molecule has 0 unspecified atom stereocenters. The summed E-state index contributed by atoms with van der Waals surface area (Å²) in [4.78, 5) is 20.1. The standard InChI is InChI=1S/C8H8O.C3H6O.Mn/c1-7(9)8-5-3-2-4-6-8;1-3(2)4;/h2-6H,1H3;1-2H3;. The normalized spacial score (nSPS) is 7.64. The number of Topliss-reactive ketones (excluding diaryl/α,β-unsaturated/α-hetero) is 2. The Morgan fingerprint density at radius 3 is 1.50 bits per heavy atom. The summed E-state index contributed by atoms with van der Waals surface area (Å²) in [6.45, 7) is 4.62. The van der Waals surface area contributed by atoms with Crippen LogP contribution in [0.1, 0.15) is 31.1 Å². The van der Waals surface area contributed by atoms with Crippen molar-refractivity contribution >= 4 is 11.6 Å². The minimum atomic E-state index is 0. The van der Waals surface area contributed by atoms with Crippen LogP contribution in [0, 0.1) is 0 Å². The number of rotatable bonds is 1. The molecule has 2 nitrogen and oxygen atoms in total. The maximum absolute atomic E-state index is 10.6. The van der Waals surface area contributed by atoms with Crippen LogP contribution in [0.3, 0.4) is 0 Å². The van der Waals surface area contributed by atoms with Crippen LogP contribution in [-0.4, -0.2) is 11.6 Å². The molecule has 0 aliphatic rings. The Hall–Kier alpha value is -0.921. The van der Waals surface area contributed by atoms with E-state index < -0.39 is 0 Å². The zero-order chi connectivity index (χ0) is 10.3. The van der Waals surface area contributed by atoms with E-state index in [2.05, 4.69) is 0 Å². The largest absolute Gasteiger partial charge is 0.300 e. The van der Waals surface area contributed by atoms with Gasteiger partial charge in [-0.05, 0) is 20.8 Å². The third-order valence-electron chi connectivity index (χ3n) is 1.18. The van der Waals surface area contributed by atoms with Gasteiger partial charge in [-0.1, -0.05) is 30.3 Å². The molecule has 0 atom stereocenters. The van der Waals surface area contributed by atoms with Crippen molar-refractivity contribution in [1.29, 1.82) is 0 Å². The van der Waals surface area contributed by atoms with E-state index in [9.17, 15) is 9.59 Å². The molecular formula is C11H14MnO2. The van der Waals surface area contributed by atoms with E-state index in [-0.39, 0.29) is 28.6 Å². The van der Waals surface area contributed by atoms with Crippen LogP contribution in [0.15, 0.2) is 30.3 Å². The second-order valence-electron chi connectivity index (χ2n) is 2.83. The van der Waals surface area contributed by atoms with Gasteiger partial charge in [-0.25, -0.2) is 0 Å². The first-order valence-corrected chi connectivity index (χ1v) is 4.07. The fourth-order valence-electron chi connectivity index (χ4n) is 0.673. The van der Waals surface area contributed by atoms with Gasteiger partial charge in [0, 0.05) is 22.6 Å². The van der Waals surface area contributed by atoms with Gasteiger partial charge in [-0.3, -0.25) is 4.79 Å². The van der Waals surface area contributed by atoms with Gasteiger partial charge in [-0.2, -0.15) is 0 Å². The van der Waals surface area contributed by atoms with Crippen molar-refractivity contribution in [2.75, 3.05) is 0 Å². The van der Waals surface area contributed by atoms with Crippen molar-refractivity contribution in [2.24, 2.45) is 0 Å².